The van der Waals surface area contributed by atoms with E-state index in [0.717, 1.165) is 3.57 Å². The zero-order valence-corrected chi connectivity index (χ0v) is 14.0. The highest BCUT2D eigenvalue weighted by Gasteiger charge is 2.17. The van der Waals surface area contributed by atoms with E-state index < -0.39 is 5.97 Å². The fourth-order valence-electron chi connectivity index (χ4n) is 1.71. The molecule has 0 bridgehead atoms. The third-order valence-corrected chi connectivity index (χ3v) is 3.63. The average molecular weight is 411 g/mol. The van der Waals surface area contributed by atoms with Crippen LogP contribution in [0.15, 0.2) is 52.8 Å². The third-order valence-electron chi connectivity index (χ3n) is 2.69. The van der Waals surface area contributed by atoms with E-state index in [0.29, 0.717) is 11.3 Å². The Kier molecular flexibility index (Phi) is 5.76. The molecule has 1 heterocycles. The second-order valence-electron chi connectivity index (χ2n) is 4.23. The van der Waals surface area contributed by atoms with E-state index in [1.54, 1.807) is 31.2 Å². The fourth-order valence-corrected chi connectivity index (χ4v) is 2.34. The lowest BCUT2D eigenvalue weighted by molar-refractivity contribution is -0.138. The van der Waals surface area contributed by atoms with Crippen molar-refractivity contribution in [2.45, 2.75) is 6.92 Å². The molecule has 2 rings (SSSR count). The first-order valence-corrected chi connectivity index (χ1v) is 7.68. The van der Waals surface area contributed by atoms with E-state index >= 15 is 0 Å². The second-order valence-corrected chi connectivity index (χ2v) is 5.39. The number of carbonyl (C=O) groups excluding carboxylic acids is 2. The number of furan rings is 1. The summed E-state index contributed by atoms with van der Waals surface area (Å²) in [6, 6.07) is 10.5. The Morgan fingerprint density at radius 1 is 1.27 bits per heavy atom. The van der Waals surface area contributed by atoms with Crippen molar-refractivity contribution in [3.05, 3.63) is 63.3 Å². The van der Waals surface area contributed by atoms with Crippen molar-refractivity contribution in [1.29, 1.82) is 0 Å². The van der Waals surface area contributed by atoms with E-state index in [1.807, 2.05) is 12.1 Å². The molecule has 0 aliphatic carbocycles. The van der Waals surface area contributed by atoms with Crippen molar-refractivity contribution < 1.29 is 18.7 Å². The first kappa shape index (κ1) is 16.3. The van der Waals surface area contributed by atoms with Crippen LogP contribution in [0.1, 0.15) is 23.0 Å². The number of carbonyl (C=O) groups is 2. The van der Waals surface area contributed by atoms with Crippen LogP contribution in [0.4, 0.5) is 0 Å². The highest BCUT2D eigenvalue weighted by molar-refractivity contribution is 14.1. The summed E-state index contributed by atoms with van der Waals surface area (Å²) in [5.74, 6) is -0.542. The van der Waals surface area contributed by atoms with Gasteiger partial charge in [-0.15, -0.1) is 0 Å². The molecular weight excluding hydrogens is 397 g/mol. The van der Waals surface area contributed by atoms with E-state index in [-0.39, 0.29) is 18.2 Å². The molecule has 1 amide bonds. The molecule has 0 aliphatic rings. The van der Waals surface area contributed by atoms with Gasteiger partial charge in [-0.05, 0) is 53.8 Å². The lowest BCUT2D eigenvalue weighted by atomic mass is 10.2. The van der Waals surface area contributed by atoms with Gasteiger partial charge in [0.15, 0.2) is 0 Å². The minimum Gasteiger partial charge on any atom is -0.465 e. The monoisotopic (exact) mass is 411 g/mol. The molecule has 5 nitrogen and oxygen atoms in total. The Balaban J connectivity index is 2.25. The van der Waals surface area contributed by atoms with Crippen molar-refractivity contribution >= 4 is 40.5 Å². The number of halogens is 1. The summed E-state index contributed by atoms with van der Waals surface area (Å²) in [6.45, 7) is 1.91. The van der Waals surface area contributed by atoms with Gasteiger partial charge in [0.05, 0.1) is 18.4 Å². The summed E-state index contributed by atoms with van der Waals surface area (Å²) in [5, 5.41) is 2.58. The maximum Gasteiger partial charge on any atom is 0.354 e. The smallest absolute Gasteiger partial charge is 0.354 e. The molecule has 0 radical (unpaired) electrons. The summed E-state index contributed by atoms with van der Waals surface area (Å²) < 4.78 is 10.9. The minimum absolute atomic E-state index is 0.0291. The van der Waals surface area contributed by atoms with Gasteiger partial charge in [-0.25, -0.2) is 4.79 Å². The summed E-state index contributed by atoms with van der Waals surface area (Å²) in [5.41, 5.74) is 0.513. The molecule has 1 N–H and O–H groups in total. The summed E-state index contributed by atoms with van der Waals surface area (Å²) in [6.07, 6.45) is 2.92. The number of hydrogen-bond donors (Lipinski definition) is 1. The third kappa shape index (κ3) is 4.20. The Bertz CT molecular complexity index is 692. The molecule has 1 aromatic heterocycles. The van der Waals surface area contributed by atoms with Crippen LogP contribution in [0, 0.1) is 3.57 Å². The van der Waals surface area contributed by atoms with Gasteiger partial charge in [0.1, 0.15) is 11.5 Å². The van der Waals surface area contributed by atoms with Gasteiger partial charge in [0, 0.05) is 9.65 Å². The second kappa shape index (κ2) is 7.79. The summed E-state index contributed by atoms with van der Waals surface area (Å²) in [4.78, 5) is 24.3. The summed E-state index contributed by atoms with van der Waals surface area (Å²) in [7, 11) is 0. The first-order valence-electron chi connectivity index (χ1n) is 6.60. The SMILES string of the molecule is CCOC(=O)/C(=C/c1ccco1)NC(=O)c1ccccc1I. The van der Waals surface area contributed by atoms with Gasteiger partial charge in [-0.3, -0.25) is 4.79 Å². The van der Waals surface area contributed by atoms with Crippen molar-refractivity contribution in [1.82, 2.24) is 5.32 Å². The van der Waals surface area contributed by atoms with E-state index in [9.17, 15) is 9.59 Å². The predicted octanol–water partition coefficient (Wildman–Crippen LogP) is 3.22. The van der Waals surface area contributed by atoms with Crippen LogP contribution in [-0.4, -0.2) is 18.5 Å². The molecule has 1 aromatic carbocycles. The van der Waals surface area contributed by atoms with E-state index in [1.165, 1.54) is 12.3 Å². The molecule has 0 spiro atoms. The van der Waals surface area contributed by atoms with E-state index in [2.05, 4.69) is 27.9 Å². The largest absolute Gasteiger partial charge is 0.465 e. The first-order chi connectivity index (χ1) is 10.6. The van der Waals surface area contributed by atoms with Gasteiger partial charge in [0.25, 0.3) is 5.91 Å². The van der Waals surface area contributed by atoms with Crippen LogP contribution in [0.25, 0.3) is 6.08 Å². The van der Waals surface area contributed by atoms with Crippen LogP contribution in [0.3, 0.4) is 0 Å². The van der Waals surface area contributed by atoms with Gasteiger partial charge in [-0.2, -0.15) is 0 Å². The minimum atomic E-state index is -0.613. The maximum atomic E-state index is 12.3. The van der Waals surface area contributed by atoms with Gasteiger partial charge >= 0.3 is 5.97 Å². The lowest BCUT2D eigenvalue weighted by Gasteiger charge is -2.09. The molecule has 22 heavy (non-hydrogen) atoms. The van der Waals surface area contributed by atoms with Gasteiger partial charge in [-0.1, -0.05) is 12.1 Å². The zero-order valence-electron chi connectivity index (χ0n) is 11.8. The predicted molar refractivity (Wildman–Crippen MR) is 89.9 cm³/mol. The van der Waals surface area contributed by atoms with Crippen LogP contribution >= 0.6 is 22.6 Å². The molecule has 6 heteroatoms. The van der Waals surface area contributed by atoms with Crippen molar-refractivity contribution in [3.63, 3.8) is 0 Å². The van der Waals surface area contributed by atoms with E-state index in [4.69, 9.17) is 9.15 Å². The molecule has 0 saturated heterocycles. The normalized spacial score (nSPS) is 11.1. The number of ether oxygens (including phenoxy) is 1. The van der Waals surface area contributed by atoms with Crippen molar-refractivity contribution in [3.8, 4) is 0 Å². The highest BCUT2D eigenvalue weighted by Crippen LogP contribution is 2.13. The van der Waals surface area contributed by atoms with Crippen LogP contribution in [0.2, 0.25) is 0 Å². The molecule has 0 atom stereocenters. The molecule has 0 aliphatic heterocycles. The number of rotatable bonds is 5. The quantitative estimate of drug-likeness (QED) is 0.466. The number of nitrogens with one attached hydrogen (secondary N) is 1. The van der Waals surface area contributed by atoms with Crippen molar-refractivity contribution in [2.75, 3.05) is 6.61 Å². The molecule has 114 valence electrons. The number of esters is 1. The number of hydrogen-bond acceptors (Lipinski definition) is 4. The molecule has 0 unspecified atom stereocenters. The zero-order chi connectivity index (χ0) is 15.9. The molecular formula is C16H14INO4. The summed E-state index contributed by atoms with van der Waals surface area (Å²) >= 11 is 2.06. The Morgan fingerprint density at radius 3 is 2.68 bits per heavy atom. The number of benzene rings is 1. The van der Waals surface area contributed by atoms with Crippen LogP contribution < -0.4 is 5.32 Å². The fraction of sp³-hybridized carbons (Fsp3) is 0.125. The topological polar surface area (TPSA) is 68.5 Å². The number of amides is 1. The van der Waals surface area contributed by atoms with Crippen LogP contribution in [-0.2, 0) is 9.53 Å². The standard InChI is InChI=1S/C16H14INO4/c1-2-21-16(20)14(10-11-6-5-9-22-11)18-15(19)12-7-3-4-8-13(12)17/h3-10H,2H2,1H3,(H,18,19)/b14-10-. The Labute approximate surface area is 141 Å². The van der Waals surface area contributed by atoms with Gasteiger partial charge in [0.2, 0.25) is 0 Å². The highest BCUT2D eigenvalue weighted by atomic mass is 127. The Hall–Kier alpha value is -2.09. The molecule has 2 aromatic rings. The van der Waals surface area contributed by atoms with Crippen molar-refractivity contribution in [2.24, 2.45) is 0 Å². The Morgan fingerprint density at radius 2 is 2.05 bits per heavy atom. The van der Waals surface area contributed by atoms with Gasteiger partial charge < -0.3 is 14.5 Å². The lowest BCUT2D eigenvalue weighted by Crippen LogP contribution is -2.29. The average Bonchev–Trinajstić information content (AvgIpc) is 3.00. The maximum absolute atomic E-state index is 12.3. The van der Waals surface area contributed by atoms with Crippen LogP contribution in [0.5, 0.6) is 0 Å². The molecule has 0 saturated carbocycles. The molecule has 0 fully saturated rings.